The molecule has 0 saturated carbocycles. The van der Waals surface area contributed by atoms with Gasteiger partial charge in [-0.25, -0.2) is 8.78 Å². The minimum atomic E-state index is -3.10. The van der Waals surface area contributed by atoms with Gasteiger partial charge in [0.2, 0.25) is 0 Å². The fraction of sp³-hybridized carbons (Fsp3) is 0.333. The van der Waals surface area contributed by atoms with Gasteiger partial charge in [-0.05, 0) is 9.91 Å². The number of aromatic nitrogens is 1. The Labute approximate surface area is 94.6 Å². The summed E-state index contributed by atoms with van der Waals surface area (Å²) in [6.07, 6.45) is -2.55. The highest BCUT2D eigenvalue weighted by Crippen LogP contribution is 2.35. The molecule has 0 spiro atoms. The van der Waals surface area contributed by atoms with Gasteiger partial charge in [0.1, 0.15) is 5.56 Å². The molecule has 0 N–H and O–H groups in total. The van der Waals surface area contributed by atoms with Crippen LogP contribution in [0.2, 0.25) is 0 Å². The maximum atomic E-state index is 12.8. The first-order chi connectivity index (χ1) is 8.02. The van der Waals surface area contributed by atoms with Crippen molar-refractivity contribution in [2.24, 2.45) is 0 Å². The lowest BCUT2D eigenvalue weighted by molar-refractivity contribution is -0.391. The number of pyridine rings is 1. The molecule has 0 amide bonds. The molecule has 0 unspecified atom stereocenters. The van der Waals surface area contributed by atoms with E-state index in [1.807, 2.05) is 0 Å². The summed E-state index contributed by atoms with van der Waals surface area (Å²) in [5, 5.41) is 19.1. The maximum Gasteiger partial charge on any atom is 0.372 e. The zero-order valence-electron chi connectivity index (χ0n) is 8.68. The molecule has 0 aliphatic rings. The van der Waals surface area contributed by atoms with E-state index in [0.717, 1.165) is 6.20 Å². The van der Waals surface area contributed by atoms with Crippen LogP contribution in [0.3, 0.4) is 0 Å². The van der Waals surface area contributed by atoms with Gasteiger partial charge in [0.25, 0.3) is 6.43 Å². The number of alkyl halides is 2. The Bertz CT molecular complexity index is 485. The van der Waals surface area contributed by atoms with Crippen LogP contribution < -0.4 is 4.74 Å². The summed E-state index contributed by atoms with van der Waals surface area (Å²) in [6, 6.07) is 1.66. The quantitative estimate of drug-likeness (QED) is 0.596. The number of hydrogen-bond donors (Lipinski definition) is 0. The summed E-state index contributed by atoms with van der Waals surface area (Å²) >= 11 is 0. The van der Waals surface area contributed by atoms with E-state index in [0.29, 0.717) is 0 Å². The highest BCUT2D eigenvalue weighted by Gasteiger charge is 2.29. The summed E-state index contributed by atoms with van der Waals surface area (Å²) in [5.74, 6) is -1.02. The van der Waals surface area contributed by atoms with Gasteiger partial charge in [0, 0.05) is 5.56 Å². The summed E-state index contributed by atoms with van der Waals surface area (Å²) in [7, 11) is 1.21. The lowest BCUT2D eigenvalue weighted by Gasteiger charge is -2.09. The van der Waals surface area contributed by atoms with E-state index in [1.165, 1.54) is 7.11 Å². The van der Waals surface area contributed by atoms with Crippen molar-refractivity contribution >= 4 is 5.82 Å². The zero-order valence-corrected chi connectivity index (χ0v) is 8.68. The largest absolute Gasteiger partial charge is 0.492 e. The molecule has 90 valence electrons. The third kappa shape index (κ3) is 2.44. The van der Waals surface area contributed by atoms with Crippen molar-refractivity contribution in [2.75, 3.05) is 7.11 Å². The molecule has 0 saturated heterocycles. The van der Waals surface area contributed by atoms with E-state index in [-0.39, 0.29) is 11.3 Å². The van der Waals surface area contributed by atoms with Crippen LogP contribution in [0.15, 0.2) is 6.20 Å². The monoisotopic (exact) mass is 243 g/mol. The number of hydrogen-bond acceptors (Lipinski definition) is 5. The van der Waals surface area contributed by atoms with Crippen LogP contribution >= 0.6 is 0 Å². The fourth-order valence-electron chi connectivity index (χ4n) is 1.35. The maximum absolute atomic E-state index is 12.8. The molecule has 1 aromatic heterocycles. The van der Waals surface area contributed by atoms with E-state index in [1.54, 1.807) is 6.07 Å². The second kappa shape index (κ2) is 5.16. The average molecular weight is 243 g/mol. The number of nitrogens with zero attached hydrogens (tertiary/aromatic N) is 3. The minimum Gasteiger partial charge on any atom is -0.492 e. The molecular formula is C9H7F2N3O3. The second-order valence-corrected chi connectivity index (χ2v) is 2.94. The Morgan fingerprint density at radius 1 is 1.71 bits per heavy atom. The number of ether oxygens (including phenoxy) is 1. The molecule has 0 aliphatic carbocycles. The van der Waals surface area contributed by atoms with Gasteiger partial charge in [-0.3, -0.25) is 0 Å². The number of rotatable bonds is 4. The molecule has 0 radical (unpaired) electrons. The molecular weight excluding hydrogens is 236 g/mol. The predicted octanol–water partition coefficient (Wildman–Crippen LogP) is 2.00. The second-order valence-electron chi connectivity index (χ2n) is 2.94. The van der Waals surface area contributed by atoms with Crippen molar-refractivity contribution < 1.29 is 18.4 Å². The number of methoxy groups -OCH3 is 1. The Morgan fingerprint density at radius 3 is 2.76 bits per heavy atom. The van der Waals surface area contributed by atoms with Gasteiger partial charge in [0.15, 0.2) is 11.9 Å². The Hall–Kier alpha value is -2.30. The highest BCUT2D eigenvalue weighted by atomic mass is 19.3. The molecule has 6 nitrogen and oxygen atoms in total. The topological polar surface area (TPSA) is 89.1 Å². The molecule has 0 aromatic carbocycles. The van der Waals surface area contributed by atoms with Crippen molar-refractivity contribution in [1.29, 1.82) is 5.26 Å². The SMILES string of the molecule is COc1cnc([N+](=O)[O-])c(C(F)F)c1CC#N. The molecule has 0 atom stereocenters. The highest BCUT2D eigenvalue weighted by molar-refractivity contribution is 5.49. The smallest absolute Gasteiger partial charge is 0.372 e. The number of halogens is 2. The summed E-state index contributed by atoms with van der Waals surface area (Å²) < 4.78 is 30.3. The third-order valence-electron chi connectivity index (χ3n) is 2.03. The fourth-order valence-corrected chi connectivity index (χ4v) is 1.35. The average Bonchev–Trinajstić information content (AvgIpc) is 2.28. The summed E-state index contributed by atoms with van der Waals surface area (Å²) in [4.78, 5) is 12.9. The molecule has 1 aromatic rings. The van der Waals surface area contributed by atoms with Crippen molar-refractivity contribution in [3.8, 4) is 11.8 Å². The van der Waals surface area contributed by atoms with E-state index in [9.17, 15) is 18.9 Å². The van der Waals surface area contributed by atoms with Crippen LogP contribution in [0.4, 0.5) is 14.6 Å². The Kier molecular flexibility index (Phi) is 3.87. The van der Waals surface area contributed by atoms with Crippen molar-refractivity contribution in [3.63, 3.8) is 0 Å². The molecule has 0 aliphatic heterocycles. The molecule has 0 bridgehead atoms. The normalized spacial score (nSPS) is 10.1. The van der Waals surface area contributed by atoms with Gasteiger partial charge in [0.05, 0.1) is 19.6 Å². The van der Waals surface area contributed by atoms with E-state index in [4.69, 9.17) is 10.00 Å². The van der Waals surface area contributed by atoms with Gasteiger partial charge >= 0.3 is 5.82 Å². The van der Waals surface area contributed by atoms with Crippen LogP contribution in [0, 0.1) is 21.4 Å². The first-order valence-corrected chi connectivity index (χ1v) is 4.38. The number of nitriles is 1. The first kappa shape index (κ1) is 12.8. The standard InChI is InChI=1S/C9H7F2N3O3/c1-17-6-4-13-9(14(15)16)7(8(10)11)5(6)2-3-12/h4,8H,2H2,1H3. The van der Waals surface area contributed by atoms with E-state index in [2.05, 4.69) is 4.98 Å². The van der Waals surface area contributed by atoms with Crippen LogP contribution in [0.1, 0.15) is 17.6 Å². The zero-order chi connectivity index (χ0) is 13.0. The van der Waals surface area contributed by atoms with Crippen LogP contribution in [0.25, 0.3) is 0 Å². The predicted molar refractivity (Wildman–Crippen MR) is 51.7 cm³/mol. The lowest BCUT2D eigenvalue weighted by Crippen LogP contribution is -2.05. The van der Waals surface area contributed by atoms with Crippen molar-refractivity contribution in [2.45, 2.75) is 12.8 Å². The van der Waals surface area contributed by atoms with Gasteiger partial charge in [-0.15, -0.1) is 0 Å². The van der Waals surface area contributed by atoms with Gasteiger partial charge in [-0.2, -0.15) is 5.26 Å². The van der Waals surface area contributed by atoms with Crippen LogP contribution in [0.5, 0.6) is 5.75 Å². The number of nitro groups is 1. The minimum absolute atomic E-state index is 0.0625. The van der Waals surface area contributed by atoms with Crippen molar-refractivity contribution in [3.05, 3.63) is 27.4 Å². The van der Waals surface area contributed by atoms with Crippen molar-refractivity contribution in [1.82, 2.24) is 4.98 Å². The summed E-state index contributed by atoms with van der Waals surface area (Å²) in [6.45, 7) is 0. The molecule has 1 heterocycles. The molecule has 1 rings (SSSR count). The molecule has 17 heavy (non-hydrogen) atoms. The van der Waals surface area contributed by atoms with Gasteiger partial charge in [-0.1, -0.05) is 0 Å². The lowest BCUT2D eigenvalue weighted by atomic mass is 10.1. The first-order valence-electron chi connectivity index (χ1n) is 4.38. The van der Waals surface area contributed by atoms with Crippen LogP contribution in [-0.2, 0) is 6.42 Å². The van der Waals surface area contributed by atoms with E-state index < -0.39 is 29.2 Å². The summed E-state index contributed by atoms with van der Waals surface area (Å²) in [5.41, 5.74) is -1.07. The van der Waals surface area contributed by atoms with Gasteiger partial charge < -0.3 is 14.9 Å². The molecule has 0 fully saturated rings. The Morgan fingerprint density at radius 2 is 2.35 bits per heavy atom. The molecule has 8 heteroatoms. The van der Waals surface area contributed by atoms with E-state index >= 15 is 0 Å². The van der Waals surface area contributed by atoms with Crippen LogP contribution in [-0.4, -0.2) is 17.0 Å². The third-order valence-corrected chi connectivity index (χ3v) is 2.03. The Balaban J connectivity index is 3.54.